The molecule has 1 amide bonds. The van der Waals surface area contributed by atoms with Crippen LogP contribution >= 0.6 is 0 Å². The summed E-state index contributed by atoms with van der Waals surface area (Å²) in [6, 6.07) is 7.00. The van der Waals surface area contributed by atoms with E-state index in [1.807, 2.05) is 6.92 Å². The predicted molar refractivity (Wildman–Crippen MR) is 68.9 cm³/mol. The molecule has 1 aliphatic rings. The van der Waals surface area contributed by atoms with E-state index in [1.54, 1.807) is 24.3 Å². The molecule has 0 spiro atoms. The zero-order valence-electron chi connectivity index (χ0n) is 10.5. The van der Waals surface area contributed by atoms with E-state index in [9.17, 15) is 13.6 Å². The molecular weight excluding hydrogens is 252 g/mol. The number of nitrogen functional groups attached to an aromatic ring is 1. The molecule has 1 unspecified atom stereocenters. The standard InChI is InChI=1S/C13H15F2N3O/c1-8-6-12(19)18(7-11(14)15)17-13(8)9-2-4-10(16)5-3-9/h2-5,8,11H,6-7,16H2,1H3. The second-order valence-corrected chi connectivity index (χ2v) is 4.58. The number of carbonyl (C=O) groups is 1. The van der Waals surface area contributed by atoms with Gasteiger partial charge in [-0.3, -0.25) is 4.79 Å². The topological polar surface area (TPSA) is 58.7 Å². The molecule has 0 aliphatic carbocycles. The summed E-state index contributed by atoms with van der Waals surface area (Å²) in [5.74, 6) is -0.461. The zero-order valence-corrected chi connectivity index (χ0v) is 10.5. The monoisotopic (exact) mass is 267 g/mol. The summed E-state index contributed by atoms with van der Waals surface area (Å²) in [6.07, 6.45) is -2.40. The van der Waals surface area contributed by atoms with Crippen LogP contribution in [0.25, 0.3) is 0 Å². The van der Waals surface area contributed by atoms with E-state index in [2.05, 4.69) is 5.10 Å². The average Bonchev–Trinajstić information content (AvgIpc) is 2.33. The minimum atomic E-state index is -2.59. The number of nitrogens with zero attached hydrogens (tertiary/aromatic N) is 2. The normalized spacial score (nSPS) is 19.8. The number of hydrazone groups is 1. The Morgan fingerprint density at radius 2 is 2.05 bits per heavy atom. The second kappa shape index (κ2) is 5.34. The van der Waals surface area contributed by atoms with Crippen LogP contribution < -0.4 is 5.73 Å². The van der Waals surface area contributed by atoms with E-state index in [0.29, 0.717) is 11.4 Å². The van der Waals surface area contributed by atoms with Gasteiger partial charge in [0.1, 0.15) is 6.54 Å². The van der Waals surface area contributed by atoms with Gasteiger partial charge in [-0.2, -0.15) is 5.10 Å². The zero-order chi connectivity index (χ0) is 14.0. The summed E-state index contributed by atoms with van der Waals surface area (Å²) in [4.78, 5) is 11.6. The van der Waals surface area contributed by atoms with E-state index in [1.165, 1.54) is 0 Å². The SMILES string of the molecule is CC1CC(=O)N(CC(F)F)N=C1c1ccc(N)cc1. The molecule has 2 N–H and O–H groups in total. The van der Waals surface area contributed by atoms with Gasteiger partial charge in [-0.25, -0.2) is 13.8 Å². The van der Waals surface area contributed by atoms with Gasteiger partial charge in [0.2, 0.25) is 5.91 Å². The lowest BCUT2D eigenvalue weighted by molar-refractivity contribution is -0.134. The number of carbonyl (C=O) groups excluding carboxylic acids is 1. The summed E-state index contributed by atoms with van der Waals surface area (Å²) in [5, 5.41) is 4.92. The molecule has 4 nitrogen and oxygen atoms in total. The molecule has 1 aliphatic heterocycles. The minimum absolute atomic E-state index is 0.0925. The number of amides is 1. The van der Waals surface area contributed by atoms with E-state index in [4.69, 9.17) is 5.73 Å². The van der Waals surface area contributed by atoms with Crippen LogP contribution in [0.1, 0.15) is 18.9 Å². The Labute approximate surface area is 109 Å². The predicted octanol–water partition coefficient (Wildman–Crippen LogP) is 2.11. The summed E-state index contributed by atoms with van der Waals surface area (Å²) in [7, 11) is 0. The van der Waals surface area contributed by atoms with Crippen LogP contribution in [0.4, 0.5) is 14.5 Å². The van der Waals surface area contributed by atoms with Crippen molar-refractivity contribution in [2.75, 3.05) is 12.3 Å². The van der Waals surface area contributed by atoms with Crippen LogP contribution in [0.15, 0.2) is 29.4 Å². The van der Waals surface area contributed by atoms with Crippen molar-refractivity contribution in [3.63, 3.8) is 0 Å². The van der Waals surface area contributed by atoms with E-state index < -0.39 is 13.0 Å². The molecule has 0 aromatic heterocycles. The van der Waals surface area contributed by atoms with Gasteiger partial charge in [0.05, 0.1) is 5.71 Å². The van der Waals surface area contributed by atoms with Crippen molar-refractivity contribution >= 4 is 17.3 Å². The summed E-state index contributed by atoms with van der Waals surface area (Å²) >= 11 is 0. The number of rotatable bonds is 3. The molecule has 0 fully saturated rings. The Morgan fingerprint density at radius 1 is 1.42 bits per heavy atom. The maximum Gasteiger partial charge on any atom is 0.258 e. The quantitative estimate of drug-likeness (QED) is 0.853. The average molecular weight is 267 g/mol. The Balaban J connectivity index is 2.31. The molecule has 1 aromatic rings. The maximum atomic E-state index is 12.4. The number of nitrogens with two attached hydrogens (primary N) is 1. The van der Waals surface area contributed by atoms with E-state index >= 15 is 0 Å². The number of hydrogen-bond donors (Lipinski definition) is 1. The van der Waals surface area contributed by atoms with Crippen molar-refractivity contribution < 1.29 is 13.6 Å². The first-order chi connectivity index (χ1) is 8.97. The van der Waals surface area contributed by atoms with Crippen molar-refractivity contribution in [2.24, 2.45) is 11.0 Å². The fourth-order valence-corrected chi connectivity index (χ4v) is 2.02. The molecule has 102 valence electrons. The van der Waals surface area contributed by atoms with Crippen molar-refractivity contribution in [1.82, 2.24) is 5.01 Å². The minimum Gasteiger partial charge on any atom is -0.399 e. The maximum absolute atomic E-state index is 12.4. The molecular formula is C13H15F2N3O. The first-order valence-electron chi connectivity index (χ1n) is 6.00. The first kappa shape index (κ1) is 13.5. The Hall–Kier alpha value is -1.98. The second-order valence-electron chi connectivity index (χ2n) is 4.58. The van der Waals surface area contributed by atoms with Gasteiger partial charge in [-0.05, 0) is 17.7 Å². The third-order valence-corrected chi connectivity index (χ3v) is 2.98. The van der Waals surface area contributed by atoms with Crippen LogP contribution in [-0.2, 0) is 4.79 Å². The van der Waals surface area contributed by atoms with Crippen molar-refractivity contribution in [3.05, 3.63) is 29.8 Å². The highest BCUT2D eigenvalue weighted by molar-refractivity contribution is 6.05. The van der Waals surface area contributed by atoms with Gasteiger partial charge in [-0.15, -0.1) is 0 Å². The summed E-state index contributed by atoms with van der Waals surface area (Å²) in [5.41, 5.74) is 7.66. The lowest BCUT2D eigenvalue weighted by atomic mass is 9.93. The highest BCUT2D eigenvalue weighted by atomic mass is 19.3. The molecule has 0 saturated heterocycles. The summed E-state index contributed by atoms with van der Waals surface area (Å²) in [6.45, 7) is 1.19. The fourth-order valence-electron chi connectivity index (χ4n) is 2.02. The molecule has 6 heteroatoms. The Bertz CT molecular complexity index is 499. The lowest BCUT2D eigenvalue weighted by Crippen LogP contribution is -2.38. The number of hydrogen-bond acceptors (Lipinski definition) is 3. The smallest absolute Gasteiger partial charge is 0.258 e. The number of halogens is 2. The van der Waals surface area contributed by atoms with Crippen LogP contribution in [0.3, 0.4) is 0 Å². The highest BCUT2D eigenvalue weighted by Crippen LogP contribution is 2.22. The third kappa shape index (κ3) is 3.07. The van der Waals surface area contributed by atoms with Crippen molar-refractivity contribution in [3.8, 4) is 0 Å². The third-order valence-electron chi connectivity index (χ3n) is 2.98. The summed E-state index contributed by atoms with van der Waals surface area (Å²) < 4.78 is 24.8. The van der Waals surface area contributed by atoms with Crippen LogP contribution in [-0.4, -0.2) is 29.6 Å². The number of alkyl halides is 2. The van der Waals surface area contributed by atoms with Gasteiger partial charge in [0.15, 0.2) is 0 Å². The first-order valence-corrected chi connectivity index (χ1v) is 6.00. The Morgan fingerprint density at radius 3 is 2.63 bits per heavy atom. The van der Waals surface area contributed by atoms with Gasteiger partial charge in [0, 0.05) is 18.0 Å². The number of anilines is 1. The molecule has 1 atom stereocenters. The molecule has 0 radical (unpaired) electrons. The number of benzene rings is 1. The van der Waals surface area contributed by atoms with Crippen LogP contribution in [0.2, 0.25) is 0 Å². The molecule has 2 rings (SSSR count). The van der Waals surface area contributed by atoms with Crippen molar-refractivity contribution in [1.29, 1.82) is 0 Å². The highest BCUT2D eigenvalue weighted by Gasteiger charge is 2.28. The molecule has 0 bridgehead atoms. The van der Waals surface area contributed by atoms with Gasteiger partial charge >= 0.3 is 0 Å². The van der Waals surface area contributed by atoms with Crippen molar-refractivity contribution in [2.45, 2.75) is 19.8 Å². The van der Waals surface area contributed by atoms with Crippen LogP contribution in [0, 0.1) is 5.92 Å². The molecule has 1 aromatic carbocycles. The molecule has 19 heavy (non-hydrogen) atoms. The molecule has 0 saturated carbocycles. The van der Waals surface area contributed by atoms with Gasteiger partial charge in [0.25, 0.3) is 6.43 Å². The largest absolute Gasteiger partial charge is 0.399 e. The van der Waals surface area contributed by atoms with Gasteiger partial charge < -0.3 is 5.73 Å². The van der Waals surface area contributed by atoms with Gasteiger partial charge in [-0.1, -0.05) is 19.1 Å². The van der Waals surface area contributed by atoms with E-state index in [-0.39, 0.29) is 18.2 Å². The van der Waals surface area contributed by atoms with Crippen LogP contribution in [0.5, 0.6) is 0 Å². The molecule has 1 heterocycles. The fraction of sp³-hybridized carbons (Fsp3) is 0.385. The lowest BCUT2D eigenvalue weighted by Gasteiger charge is -2.27. The van der Waals surface area contributed by atoms with E-state index in [0.717, 1.165) is 10.6 Å². The Kier molecular flexibility index (Phi) is 3.78.